The van der Waals surface area contributed by atoms with Crippen LogP contribution in [-0.4, -0.2) is 35.8 Å². The average molecular weight is 340 g/mol. The molecule has 1 aliphatic rings. The topological polar surface area (TPSA) is 75.4 Å². The zero-order valence-corrected chi connectivity index (χ0v) is 12.7. The number of benzene rings is 1. The first kappa shape index (κ1) is 15.0. The van der Waals surface area contributed by atoms with E-state index < -0.39 is 0 Å². The minimum Gasteiger partial charge on any atom is -0.368 e. The van der Waals surface area contributed by atoms with Crippen molar-refractivity contribution in [2.75, 3.05) is 18.4 Å². The Morgan fingerprint density at radius 2 is 2.20 bits per heavy atom. The Kier molecular flexibility index (Phi) is 5.14. The maximum Gasteiger partial charge on any atom is 0.238 e. The third-order valence-electron chi connectivity index (χ3n) is 3.40. The Bertz CT molecular complexity index is 507. The van der Waals surface area contributed by atoms with Crippen LogP contribution in [0.1, 0.15) is 19.3 Å². The summed E-state index contributed by atoms with van der Waals surface area (Å²) in [6.45, 7) is 0.930. The van der Waals surface area contributed by atoms with Crippen molar-refractivity contribution in [3.8, 4) is 0 Å². The fraction of sp³-hybridized carbons (Fsp3) is 0.429. The van der Waals surface area contributed by atoms with E-state index in [1.807, 2.05) is 29.2 Å². The highest BCUT2D eigenvalue weighted by molar-refractivity contribution is 9.10. The molecule has 6 heteroatoms. The summed E-state index contributed by atoms with van der Waals surface area (Å²) in [6.07, 6.45) is 2.71. The van der Waals surface area contributed by atoms with Crippen LogP contribution in [0.2, 0.25) is 0 Å². The van der Waals surface area contributed by atoms with Gasteiger partial charge in [0.1, 0.15) is 0 Å². The predicted molar refractivity (Wildman–Crippen MR) is 81.2 cm³/mol. The summed E-state index contributed by atoms with van der Waals surface area (Å²) in [5, 5.41) is 2.83. The van der Waals surface area contributed by atoms with Gasteiger partial charge in [-0.15, -0.1) is 0 Å². The van der Waals surface area contributed by atoms with Gasteiger partial charge in [-0.05, 0) is 37.6 Å². The molecule has 108 valence electrons. The van der Waals surface area contributed by atoms with Crippen LogP contribution < -0.4 is 11.1 Å². The zero-order chi connectivity index (χ0) is 14.5. The maximum absolute atomic E-state index is 12.0. The molecule has 0 aliphatic carbocycles. The van der Waals surface area contributed by atoms with Crippen LogP contribution in [0.15, 0.2) is 28.7 Å². The third-order valence-corrected chi connectivity index (χ3v) is 3.89. The lowest BCUT2D eigenvalue weighted by Crippen LogP contribution is -2.50. The summed E-state index contributed by atoms with van der Waals surface area (Å²) < 4.78 is 0.906. The normalized spacial score (nSPS) is 19.6. The highest BCUT2D eigenvalue weighted by Gasteiger charge is 2.28. The van der Waals surface area contributed by atoms with Gasteiger partial charge in [-0.1, -0.05) is 28.4 Å². The van der Waals surface area contributed by atoms with E-state index in [1.54, 1.807) is 0 Å². The van der Waals surface area contributed by atoms with Crippen LogP contribution in [0.3, 0.4) is 0 Å². The second kappa shape index (κ2) is 6.85. The van der Waals surface area contributed by atoms with Gasteiger partial charge in [-0.2, -0.15) is 0 Å². The molecule has 1 aromatic carbocycles. The van der Waals surface area contributed by atoms with Crippen molar-refractivity contribution in [1.29, 1.82) is 0 Å². The molecule has 2 rings (SSSR count). The summed E-state index contributed by atoms with van der Waals surface area (Å²) in [6, 6.07) is 7.08. The Morgan fingerprint density at radius 3 is 2.90 bits per heavy atom. The van der Waals surface area contributed by atoms with Gasteiger partial charge >= 0.3 is 0 Å². The lowest BCUT2D eigenvalue weighted by atomic mass is 10.0. The highest BCUT2D eigenvalue weighted by atomic mass is 79.9. The lowest BCUT2D eigenvalue weighted by Gasteiger charge is -2.32. The Hall–Kier alpha value is -1.40. The fourth-order valence-corrected chi connectivity index (χ4v) is 2.85. The highest BCUT2D eigenvalue weighted by Crippen LogP contribution is 2.18. The molecule has 0 spiro atoms. The van der Waals surface area contributed by atoms with E-state index in [0.29, 0.717) is 0 Å². The van der Waals surface area contributed by atoms with Crippen LogP contribution in [0.25, 0.3) is 0 Å². The molecule has 0 radical (unpaired) electrons. The monoisotopic (exact) mass is 339 g/mol. The van der Waals surface area contributed by atoms with E-state index >= 15 is 0 Å². The SMILES string of the molecule is NC(=O)C1CCCCN1CC(=O)Nc1cccc(Br)c1. The number of carbonyl (C=O) groups is 2. The van der Waals surface area contributed by atoms with Crippen LogP contribution in [0, 0.1) is 0 Å². The predicted octanol–water partition coefficient (Wildman–Crippen LogP) is 1.73. The van der Waals surface area contributed by atoms with Gasteiger partial charge in [0.2, 0.25) is 11.8 Å². The molecular formula is C14H18BrN3O2. The number of anilines is 1. The molecule has 1 aliphatic heterocycles. The summed E-state index contributed by atoms with van der Waals surface area (Å²) in [7, 11) is 0. The molecule has 0 saturated carbocycles. The van der Waals surface area contributed by atoms with Crippen LogP contribution >= 0.6 is 15.9 Å². The molecule has 3 N–H and O–H groups in total. The largest absolute Gasteiger partial charge is 0.368 e. The molecule has 5 nitrogen and oxygen atoms in total. The smallest absolute Gasteiger partial charge is 0.238 e. The molecule has 1 saturated heterocycles. The summed E-state index contributed by atoms with van der Waals surface area (Å²) in [5.74, 6) is -0.476. The van der Waals surface area contributed by atoms with E-state index in [2.05, 4.69) is 21.2 Å². The first-order valence-electron chi connectivity index (χ1n) is 6.65. The number of amides is 2. The summed E-state index contributed by atoms with van der Waals surface area (Å²) >= 11 is 3.36. The number of piperidine rings is 1. The molecule has 1 unspecified atom stereocenters. The lowest BCUT2D eigenvalue weighted by molar-refractivity contribution is -0.126. The Labute approximate surface area is 126 Å². The summed E-state index contributed by atoms with van der Waals surface area (Å²) in [4.78, 5) is 25.3. The van der Waals surface area contributed by atoms with Crippen molar-refractivity contribution in [3.05, 3.63) is 28.7 Å². The van der Waals surface area contributed by atoms with Gasteiger partial charge < -0.3 is 11.1 Å². The number of carbonyl (C=O) groups excluding carboxylic acids is 2. The Balaban J connectivity index is 1.94. The minimum atomic E-state index is -0.347. The van der Waals surface area contributed by atoms with E-state index in [9.17, 15) is 9.59 Å². The third kappa shape index (κ3) is 4.05. The quantitative estimate of drug-likeness (QED) is 0.877. The number of rotatable bonds is 4. The van der Waals surface area contributed by atoms with Crippen molar-refractivity contribution < 1.29 is 9.59 Å². The van der Waals surface area contributed by atoms with Crippen molar-refractivity contribution >= 4 is 33.4 Å². The van der Waals surface area contributed by atoms with Gasteiger partial charge in [0, 0.05) is 10.2 Å². The van der Waals surface area contributed by atoms with Gasteiger partial charge in [0.25, 0.3) is 0 Å². The summed E-state index contributed by atoms with van der Waals surface area (Å²) in [5.41, 5.74) is 6.12. The molecular weight excluding hydrogens is 322 g/mol. The standard InChI is InChI=1S/C14H18BrN3O2/c15-10-4-3-5-11(8-10)17-13(19)9-18-7-2-1-6-12(18)14(16)20/h3-5,8,12H,1-2,6-7,9H2,(H2,16,20)(H,17,19). The van der Waals surface area contributed by atoms with Crippen LogP contribution in [0.5, 0.6) is 0 Å². The Morgan fingerprint density at radius 1 is 1.40 bits per heavy atom. The zero-order valence-electron chi connectivity index (χ0n) is 11.1. The van der Waals surface area contributed by atoms with Gasteiger partial charge in [-0.25, -0.2) is 0 Å². The van der Waals surface area contributed by atoms with E-state index in [1.165, 1.54) is 0 Å². The molecule has 0 aromatic heterocycles. The number of nitrogens with zero attached hydrogens (tertiary/aromatic N) is 1. The first-order valence-corrected chi connectivity index (χ1v) is 7.44. The van der Waals surface area contributed by atoms with Crippen LogP contribution in [-0.2, 0) is 9.59 Å². The maximum atomic E-state index is 12.0. The molecule has 20 heavy (non-hydrogen) atoms. The molecule has 1 aromatic rings. The molecule has 2 amide bonds. The molecule has 1 fully saturated rings. The fourth-order valence-electron chi connectivity index (χ4n) is 2.45. The average Bonchev–Trinajstić information content (AvgIpc) is 2.38. The van der Waals surface area contributed by atoms with E-state index in [0.717, 1.165) is 36.0 Å². The number of nitrogens with one attached hydrogen (secondary N) is 1. The van der Waals surface area contributed by atoms with Crippen molar-refractivity contribution in [2.24, 2.45) is 5.73 Å². The van der Waals surface area contributed by atoms with Gasteiger partial charge in [-0.3, -0.25) is 14.5 Å². The second-order valence-corrected chi connectivity index (χ2v) is 5.86. The van der Waals surface area contributed by atoms with Gasteiger partial charge in [0.15, 0.2) is 0 Å². The van der Waals surface area contributed by atoms with Crippen molar-refractivity contribution in [2.45, 2.75) is 25.3 Å². The number of halogens is 1. The van der Waals surface area contributed by atoms with E-state index in [4.69, 9.17) is 5.73 Å². The van der Waals surface area contributed by atoms with Crippen molar-refractivity contribution in [3.63, 3.8) is 0 Å². The number of hydrogen-bond acceptors (Lipinski definition) is 3. The van der Waals surface area contributed by atoms with Crippen molar-refractivity contribution in [1.82, 2.24) is 4.90 Å². The second-order valence-electron chi connectivity index (χ2n) is 4.94. The minimum absolute atomic E-state index is 0.128. The number of nitrogens with two attached hydrogens (primary N) is 1. The first-order chi connectivity index (χ1) is 9.56. The number of likely N-dealkylation sites (tertiary alicyclic amines) is 1. The number of primary amides is 1. The van der Waals surface area contributed by atoms with Crippen LogP contribution in [0.4, 0.5) is 5.69 Å². The molecule has 0 bridgehead atoms. The van der Waals surface area contributed by atoms with Gasteiger partial charge in [0.05, 0.1) is 12.6 Å². The molecule has 1 heterocycles. The van der Waals surface area contributed by atoms with E-state index in [-0.39, 0.29) is 24.4 Å². The number of hydrogen-bond donors (Lipinski definition) is 2. The molecule has 1 atom stereocenters.